The van der Waals surface area contributed by atoms with Gasteiger partial charge in [-0.05, 0) is 39.0 Å². The number of hydrogen-bond acceptors (Lipinski definition) is 6. The molecule has 140 valence electrons. The Kier molecular flexibility index (Phi) is 4.08. The highest BCUT2D eigenvalue weighted by molar-refractivity contribution is 7.91. The van der Waals surface area contributed by atoms with E-state index in [4.69, 9.17) is 0 Å². The largest absolute Gasteiger partial charge is 0.335 e. The van der Waals surface area contributed by atoms with E-state index in [-0.39, 0.29) is 41.8 Å². The van der Waals surface area contributed by atoms with Crippen molar-refractivity contribution in [3.05, 3.63) is 0 Å². The summed E-state index contributed by atoms with van der Waals surface area (Å²) >= 11 is 0. The zero-order valence-corrected chi connectivity index (χ0v) is 15.5. The number of rotatable bonds is 3. The van der Waals surface area contributed by atoms with Crippen LogP contribution in [0.3, 0.4) is 0 Å². The second-order valence-electron chi connectivity index (χ2n) is 8.08. The molecule has 0 aromatic carbocycles. The Hall–Kier alpha value is -1.19. The van der Waals surface area contributed by atoms with Crippen LogP contribution in [0.5, 0.6) is 0 Å². The fraction of sp³-hybridized carbons (Fsp3) is 0.875. The van der Waals surface area contributed by atoms with Crippen molar-refractivity contribution < 1.29 is 18.0 Å². The molecule has 1 N–H and O–H groups in total. The Bertz CT molecular complexity index is 684. The maximum absolute atomic E-state index is 13.0. The zero-order valence-electron chi connectivity index (χ0n) is 14.7. The lowest BCUT2D eigenvalue weighted by molar-refractivity contribution is -0.147. The summed E-state index contributed by atoms with van der Waals surface area (Å²) in [4.78, 5) is 30.7. The van der Waals surface area contributed by atoms with Crippen LogP contribution in [0.1, 0.15) is 0 Å². The van der Waals surface area contributed by atoms with E-state index in [1.807, 2.05) is 14.1 Å². The molecule has 4 aliphatic rings. The first-order chi connectivity index (χ1) is 11.8. The Balaban J connectivity index is 1.52. The number of piperidine rings is 1. The molecule has 0 aromatic heterocycles. The summed E-state index contributed by atoms with van der Waals surface area (Å²) in [6.07, 6.45) is 0. The Morgan fingerprint density at radius 1 is 1.04 bits per heavy atom. The molecule has 8 nitrogen and oxygen atoms in total. The lowest BCUT2D eigenvalue weighted by Crippen LogP contribution is -2.63. The molecular weight excluding hydrogens is 344 g/mol. The maximum Gasteiger partial charge on any atom is 0.237 e. The number of hydrogen-bond donors (Lipinski definition) is 1. The Morgan fingerprint density at radius 2 is 1.60 bits per heavy atom. The third kappa shape index (κ3) is 2.96. The van der Waals surface area contributed by atoms with Crippen LogP contribution in [0.4, 0.5) is 0 Å². The molecule has 5 atom stereocenters. The van der Waals surface area contributed by atoms with Crippen LogP contribution in [0.2, 0.25) is 0 Å². The molecule has 0 spiro atoms. The molecule has 1 aliphatic carbocycles. The number of likely N-dealkylation sites (N-methyl/N-ethyl adjacent to an activating group) is 1. The summed E-state index contributed by atoms with van der Waals surface area (Å²) in [6.45, 7) is 2.90. The molecule has 3 saturated heterocycles. The van der Waals surface area contributed by atoms with E-state index in [1.54, 1.807) is 14.7 Å². The van der Waals surface area contributed by atoms with Gasteiger partial charge in [-0.2, -0.15) is 0 Å². The first-order valence-electron chi connectivity index (χ1n) is 8.94. The predicted octanol–water partition coefficient (Wildman–Crippen LogP) is -2.15. The lowest BCUT2D eigenvalue weighted by atomic mass is 10.0. The minimum Gasteiger partial charge on any atom is -0.335 e. The Labute approximate surface area is 148 Å². The maximum atomic E-state index is 13.0. The fourth-order valence-corrected chi connectivity index (χ4v) is 6.85. The highest BCUT2D eigenvalue weighted by atomic mass is 32.2. The van der Waals surface area contributed by atoms with Gasteiger partial charge >= 0.3 is 0 Å². The van der Waals surface area contributed by atoms with Crippen molar-refractivity contribution in [1.82, 2.24) is 20.0 Å². The van der Waals surface area contributed by atoms with E-state index >= 15 is 0 Å². The summed E-state index contributed by atoms with van der Waals surface area (Å²) in [5, 5.41) is 3.28. The van der Waals surface area contributed by atoms with Crippen LogP contribution in [0, 0.1) is 17.8 Å². The Morgan fingerprint density at radius 3 is 2.20 bits per heavy atom. The highest BCUT2D eigenvalue weighted by Gasteiger charge is 2.60. The number of nitrogens with one attached hydrogen (secondary N) is 1. The van der Waals surface area contributed by atoms with E-state index in [0.717, 1.165) is 13.1 Å². The molecule has 25 heavy (non-hydrogen) atoms. The molecule has 1 saturated carbocycles. The molecule has 2 amide bonds. The summed E-state index contributed by atoms with van der Waals surface area (Å²) in [5.74, 6) is 0.874. The van der Waals surface area contributed by atoms with Gasteiger partial charge in [0, 0.05) is 19.0 Å². The van der Waals surface area contributed by atoms with Gasteiger partial charge in [0.2, 0.25) is 11.8 Å². The van der Waals surface area contributed by atoms with Crippen molar-refractivity contribution in [3.8, 4) is 0 Å². The van der Waals surface area contributed by atoms with Gasteiger partial charge in [0.25, 0.3) is 0 Å². The van der Waals surface area contributed by atoms with Crippen LogP contribution < -0.4 is 5.32 Å². The van der Waals surface area contributed by atoms with Gasteiger partial charge in [0.05, 0.1) is 30.1 Å². The van der Waals surface area contributed by atoms with Crippen molar-refractivity contribution in [1.29, 1.82) is 0 Å². The average Bonchev–Trinajstić information content (AvgIpc) is 2.85. The molecule has 4 fully saturated rings. The number of piperazine rings is 1. The van der Waals surface area contributed by atoms with Crippen molar-refractivity contribution in [2.24, 2.45) is 17.8 Å². The van der Waals surface area contributed by atoms with Crippen molar-refractivity contribution in [3.63, 3.8) is 0 Å². The lowest BCUT2D eigenvalue weighted by Gasteiger charge is -2.44. The van der Waals surface area contributed by atoms with Gasteiger partial charge in [0.1, 0.15) is 0 Å². The van der Waals surface area contributed by atoms with E-state index < -0.39 is 15.9 Å². The molecule has 0 bridgehead atoms. The second kappa shape index (κ2) is 5.92. The van der Waals surface area contributed by atoms with Crippen molar-refractivity contribution in [2.75, 3.05) is 58.3 Å². The van der Waals surface area contributed by atoms with Gasteiger partial charge in [-0.1, -0.05) is 0 Å². The quantitative estimate of drug-likeness (QED) is 0.609. The summed E-state index contributed by atoms with van der Waals surface area (Å²) in [5.41, 5.74) is 0. The first-order valence-corrected chi connectivity index (χ1v) is 10.8. The molecule has 3 heterocycles. The molecular formula is C16H26N4O4S. The number of fused-ring (bicyclic) bond motifs is 2. The molecule has 3 aliphatic heterocycles. The minimum atomic E-state index is -3.23. The van der Waals surface area contributed by atoms with Crippen LogP contribution in [0.25, 0.3) is 0 Å². The van der Waals surface area contributed by atoms with Crippen molar-refractivity contribution in [2.45, 2.75) is 12.1 Å². The van der Waals surface area contributed by atoms with Gasteiger partial charge in [-0.15, -0.1) is 0 Å². The molecule has 1 unspecified atom stereocenters. The topological polar surface area (TPSA) is 90.0 Å². The molecule has 0 aromatic rings. The van der Waals surface area contributed by atoms with E-state index in [1.165, 1.54) is 0 Å². The molecule has 0 radical (unpaired) electrons. The second-order valence-corrected chi connectivity index (χ2v) is 10.2. The third-order valence-electron chi connectivity index (χ3n) is 6.11. The van der Waals surface area contributed by atoms with Gasteiger partial charge in [-0.25, -0.2) is 8.42 Å². The zero-order chi connectivity index (χ0) is 17.9. The monoisotopic (exact) mass is 370 g/mol. The van der Waals surface area contributed by atoms with Crippen LogP contribution in [0.15, 0.2) is 0 Å². The SMILES string of the molecule is CN(C)CC(=O)N1CCN(C(=O)C2[C@H]3CNC[C@@H]23)[C@H]2CS(=O)(=O)C[C@H]21. The minimum absolute atomic E-state index is 0.0184. The number of nitrogens with zero attached hydrogens (tertiary/aromatic N) is 3. The van der Waals surface area contributed by atoms with Gasteiger partial charge < -0.3 is 20.0 Å². The first kappa shape index (κ1) is 17.2. The summed E-state index contributed by atoms with van der Waals surface area (Å²) in [7, 11) is 0.412. The standard InChI is InChI=1S/C16H26N4O4S/c1-18(2)7-14(21)19-3-4-20(13-9-25(23,24)8-12(13)19)16(22)15-10-5-17-6-11(10)15/h10-13,15,17H,3-9H2,1-2H3/t10-,11+,12-,13+,15?/m1/s1. The smallest absolute Gasteiger partial charge is 0.237 e. The number of sulfone groups is 1. The number of amides is 2. The van der Waals surface area contributed by atoms with E-state index in [0.29, 0.717) is 24.9 Å². The third-order valence-corrected chi connectivity index (χ3v) is 7.81. The number of carbonyl (C=O) groups excluding carboxylic acids is 2. The summed E-state index contributed by atoms with van der Waals surface area (Å²) in [6, 6.07) is -0.779. The van der Waals surface area contributed by atoms with Gasteiger partial charge in [0.15, 0.2) is 9.84 Å². The van der Waals surface area contributed by atoms with Crippen LogP contribution in [-0.4, -0.2) is 105 Å². The molecule has 4 rings (SSSR count). The van der Waals surface area contributed by atoms with E-state index in [9.17, 15) is 18.0 Å². The average molecular weight is 370 g/mol. The van der Waals surface area contributed by atoms with Crippen LogP contribution in [-0.2, 0) is 19.4 Å². The van der Waals surface area contributed by atoms with E-state index in [2.05, 4.69) is 5.32 Å². The highest BCUT2D eigenvalue weighted by Crippen LogP contribution is 2.50. The summed E-state index contributed by atoms with van der Waals surface area (Å²) < 4.78 is 24.5. The molecule has 9 heteroatoms. The fourth-order valence-electron chi connectivity index (χ4n) is 4.87. The van der Waals surface area contributed by atoms with Crippen LogP contribution >= 0.6 is 0 Å². The van der Waals surface area contributed by atoms with Crippen molar-refractivity contribution >= 4 is 21.7 Å². The number of carbonyl (C=O) groups is 2. The van der Waals surface area contributed by atoms with Gasteiger partial charge in [-0.3, -0.25) is 9.59 Å². The normalized spacial score (nSPS) is 38.6. The predicted molar refractivity (Wildman–Crippen MR) is 91.5 cm³/mol.